The molecule has 7 nitrogen and oxygen atoms in total. The average molecular weight is 494 g/mol. The van der Waals surface area contributed by atoms with Crippen molar-refractivity contribution in [2.45, 2.75) is 53.2 Å². The van der Waals surface area contributed by atoms with E-state index in [1.54, 1.807) is 57.2 Å². The predicted molar refractivity (Wildman–Crippen MR) is 133 cm³/mol. The van der Waals surface area contributed by atoms with E-state index in [9.17, 15) is 18.0 Å². The minimum Gasteiger partial charge on any atom is -0.352 e. The van der Waals surface area contributed by atoms with Crippen molar-refractivity contribution in [3.8, 4) is 0 Å². The van der Waals surface area contributed by atoms with Crippen LogP contribution in [-0.2, 0) is 26.2 Å². The molecule has 0 radical (unpaired) electrons. The number of amides is 2. The van der Waals surface area contributed by atoms with E-state index in [-0.39, 0.29) is 18.5 Å². The summed E-state index contributed by atoms with van der Waals surface area (Å²) in [4.78, 5) is 27.7. The van der Waals surface area contributed by atoms with Gasteiger partial charge in [-0.15, -0.1) is 0 Å². The summed E-state index contributed by atoms with van der Waals surface area (Å²) >= 11 is 6.11. The molecule has 0 bridgehead atoms. The number of hydrogen-bond donors (Lipinski definition) is 1. The van der Waals surface area contributed by atoms with Crippen LogP contribution < -0.4 is 9.62 Å². The summed E-state index contributed by atoms with van der Waals surface area (Å²) in [5, 5.41) is 3.32. The first-order valence-corrected chi connectivity index (χ1v) is 12.9. The van der Waals surface area contributed by atoms with Crippen molar-refractivity contribution in [3.05, 3.63) is 64.2 Å². The fourth-order valence-electron chi connectivity index (χ4n) is 3.59. The Labute approximate surface area is 201 Å². The molecule has 33 heavy (non-hydrogen) atoms. The number of anilines is 1. The zero-order valence-corrected chi connectivity index (χ0v) is 21.5. The lowest BCUT2D eigenvalue weighted by molar-refractivity contribution is -0.139. The molecule has 0 aliphatic rings. The first-order chi connectivity index (χ1) is 15.3. The zero-order chi connectivity index (χ0) is 24.9. The van der Waals surface area contributed by atoms with Gasteiger partial charge in [0, 0.05) is 17.6 Å². The van der Waals surface area contributed by atoms with Crippen LogP contribution >= 0.6 is 11.6 Å². The quantitative estimate of drug-likeness (QED) is 0.577. The van der Waals surface area contributed by atoms with Gasteiger partial charge in [-0.2, -0.15) is 0 Å². The zero-order valence-electron chi connectivity index (χ0n) is 19.9. The Hall–Kier alpha value is -2.58. The van der Waals surface area contributed by atoms with Crippen LogP contribution in [0.5, 0.6) is 0 Å². The molecule has 2 aromatic rings. The van der Waals surface area contributed by atoms with E-state index in [1.807, 2.05) is 19.9 Å². The lowest BCUT2D eigenvalue weighted by atomic mass is 10.1. The maximum atomic E-state index is 13.5. The second kappa shape index (κ2) is 11.0. The number of rotatable bonds is 9. The van der Waals surface area contributed by atoms with E-state index < -0.39 is 28.5 Å². The SMILES string of the molecule is Cc1cccc(C)c1N(CC(=O)N(Cc1cccc(Cl)c1)C(C)C(=O)NC(C)C)S(C)(=O)=O. The molecule has 0 aromatic heterocycles. The summed E-state index contributed by atoms with van der Waals surface area (Å²) in [5.74, 6) is -0.812. The third-order valence-corrected chi connectivity index (χ3v) is 6.56. The van der Waals surface area contributed by atoms with Crippen LogP contribution in [0.15, 0.2) is 42.5 Å². The summed E-state index contributed by atoms with van der Waals surface area (Å²) in [6, 6.07) is 11.5. The number of benzene rings is 2. The van der Waals surface area contributed by atoms with E-state index in [0.717, 1.165) is 27.3 Å². The standard InChI is InChI=1S/C24H32ClN3O4S/c1-16(2)26-24(30)19(5)27(14-20-11-8-12-21(25)13-20)22(29)15-28(33(6,31)32)23-17(3)9-7-10-18(23)4/h7-13,16,19H,14-15H2,1-6H3,(H,26,30). The van der Waals surface area contributed by atoms with E-state index in [4.69, 9.17) is 11.6 Å². The Balaban J connectivity index is 2.45. The molecule has 1 unspecified atom stereocenters. The van der Waals surface area contributed by atoms with Crippen molar-refractivity contribution in [1.29, 1.82) is 0 Å². The number of aryl methyl sites for hydroxylation is 2. The third kappa shape index (κ3) is 7.20. The van der Waals surface area contributed by atoms with Gasteiger partial charge in [0.2, 0.25) is 21.8 Å². The molecule has 0 aliphatic carbocycles. The highest BCUT2D eigenvalue weighted by molar-refractivity contribution is 7.92. The number of nitrogens with zero attached hydrogens (tertiary/aromatic N) is 2. The molecule has 2 rings (SSSR count). The topological polar surface area (TPSA) is 86.8 Å². The maximum absolute atomic E-state index is 13.5. The van der Waals surface area contributed by atoms with Crippen molar-refractivity contribution in [1.82, 2.24) is 10.2 Å². The number of carbonyl (C=O) groups is 2. The van der Waals surface area contributed by atoms with E-state index >= 15 is 0 Å². The monoisotopic (exact) mass is 493 g/mol. The van der Waals surface area contributed by atoms with Crippen molar-refractivity contribution in [2.75, 3.05) is 17.1 Å². The van der Waals surface area contributed by atoms with Gasteiger partial charge < -0.3 is 10.2 Å². The van der Waals surface area contributed by atoms with Crippen molar-refractivity contribution in [2.24, 2.45) is 0 Å². The van der Waals surface area contributed by atoms with E-state index in [0.29, 0.717) is 10.7 Å². The largest absolute Gasteiger partial charge is 0.352 e. The normalized spacial score (nSPS) is 12.4. The first kappa shape index (κ1) is 26.7. The van der Waals surface area contributed by atoms with Gasteiger partial charge in [0.05, 0.1) is 11.9 Å². The molecule has 1 N–H and O–H groups in total. The second-order valence-electron chi connectivity index (χ2n) is 8.50. The maximum Gasteiger partial charge on any atom is 0.244 e. The van der Waals surface area contributed by atoms with Gasteiger partial charge in [-0.05, 0) is 63.4 Å². The Kier molecular flexibility index (Phi) is 8.91. The van der Waals surface area contributed by atoms with Gasteiger partial charge in [0.25, 0.3) is 0 Å². The highest BCUT2D eigenvalue weighted by atomic mass is 35.5. The third-order valence-electron chi connectivity index (χ3n) is 5.21. The van der Waals surface area contributed by atoms with Crippen LogP contribution in [0, 0.1) is 13.8 Å². The molecule has 0 fully saturated rings. The van der Waals surface area contributed by atoms with E-state index in [1.165, 1.54) is 4.90 Å². The van der Waals surface area contributed by atoms with Gasteiger partial charge in [0.15, 0.2) is 0 Å². The lowest BCUT2D eigenvalue weighted by Crippen LogP contribution is -2.52. The molecule has 0 aliphatic heterocycles. The Morgan fingerprint density at radius 3 is 2.12 bits per heavy atom. The highest BCUT2D eigenvalue weighted by Gasteiger charge is 2.31. The number of halogens is 1. The van der Waals surface area contributed by atoms with Gasteiger partial charge >= 0.3 is 0 Å². The smallest absolute Gasteiger partial charge is 0.244 e. The van der Waals surface area contributed by atoms with Crippen LogP contribution in [0.25, 0.3) is 0 Å². The molecule has 0 heterocycles. The van der Waals surface area contributed by atoms with Crippen molar-refractivity contribution < 1.29 is 18.0 Å². The van der Waals surface area contributed by atoms with Gasteiger partial charge in [0.1, 0.15) is 12.6 Å². The van der Waals surface area contributed by atoms with Gasteiger partial charge in [-0.1, -0.05) is 41.9 Å². The molecule has 2 aromatic carbocycles. The number of nitrogens with one attached hydrogen (secondary N) is 1. The summed E-state index contributed by atoms with van der Waals surface area (Å²) < 4.78 is 26.5. The van der Waals surface area contributed by atoms with E-state index in [2.05, 4.69) is 5.32 Å². The number of hydrogen-bond acceptors (Lipinski definition) is 4. The second-order valence-corrected chi connectivity index (χ2v) is 10.8. The van der Waals surface area contributed by atoms with Crippen LogP contribution in [0.4, 0.5) is 5.69 Å². The fraction of sp³-hybridized carbons (Fsp3) is 0.417. The van der Waals surface area contributed by atoms with Crippen LogP contribution in [0.2, 0.25) is 5.02 Å². The summed E-state index contributed by atoms with van der Waals surface area (Å²) in [7, 11) is -3.77. The summed E-state index contributed by atoms with van der Waals surface area (Å²) in [6.45, 7) is 8.58. The molecule has 0 saturated carbocycles. The Bertz CT molecular complexity index is 1100. The first-order valence-electron chi connectivity index (χ1n) is 10.7. The highest BCUT2D eigenvalue weighted by Crippen LogP contribution is 2.27. The van der Waals surface area contributed by atoms with Crippen molar-refractivity contribution >= 4 is 39.1 Å². The average Bonchev–Trinajstić information content (AvgIpc) is 2.69. The summed E-state index contributed by atoms with van der Waals surface area (Å²) in [6.07, 6.45) is 1.07. The molecular formula is C24H32ClN3O4S. The molecule has 9 heteroatoms. The molecule has 180 valence electrons. The summed E-state index contributed by atoms with van der Waals surface area (Å²) in [5.41, 5.74) is 2.67. The molecule has 2 amide bonds. The Morgan fingerprint density at radius 1 is 1.03 bits per heavy atom. The van der Waals surface area contributed by atoms with Crippen LogP contribution in [0.1, 0.15) is 37.5 Å². The van der Waals surface area contributed by atoms with Crippen LogP contribution in [-0.4, -0.2) is 50.0 Å². The van der Waals surface area contributed by atoms with Crippen molar-refractivity contribution in [3.63, 3.8) is 0 Å². The fourth-order valence-corrected chi connectivity index (χ4v) is 4.77. The number of para-hydroxylation sites is 1. The molecular weight excluding hydrogens is 462 g/mol. The number of carbonyl (C=O) groups excluding carboxylic acids is 2. The molecule has 0 spiro atoms. The minimum absolute atomic E-state index is 0.106. The minimum atomic E-state index is -3.77. The number of sulfonamides is 1. The predicted octanol–water partition coefficient (Wildman–Crippen LogP) is 3.66. The van der Waals surface area contributed by atoms with Crippen LogP contribution in [0.3, 0.4) is 0 Å². The van der Waals surface area contributed by atoms with Gasteiger partial charge in [-0.3, -0.25) is 13.9 Å². The van der Waals surface area contributed by atoms with Gasteiger partial charge in [-0.25, -0.2) is 8.42 Å². The molecule has 0 saturated heterocycles. The Morgan fingerprint density at radius 2 is 1.61 bits per heavy atom. The lowest BCUT2D eigenvalue weighted by Gasteiger charge is -2.32. The molecule has 1 atom stereocenters.